The molecule has 0 unspecified atom stereocenters. The largest absolute Gasteiger partial charge is 0.370 e. The standard InChI is InChI=1S/C4H7NO2.CH6N2/c6-4-3-7-2-1-5-4;1-3-2/h1-3H2,(H,5,6);3H,2H2,1H3. The third kappa shape index (κ3) is 5.49. The van der Waals surface area contributed by atoms with Gasteiger partial charge in [0, 0.05) is 6.54 Å². The fourth-order valence-electron chi connectivity index (χ4n) is 0.479. The number of ether oxygens (including phenoxy) is 1. The summed E-state index contributed by atoms with van der Waals surface area (Å²) in [7, 11) is 1.65. The number of nitrogens with one attached hydrogen (secondary N) is 2. The van der Waals surface area contributed by atoms with Gasteiger partial charge in [-0.25, -0.2) is 0 Å². The molecule has 10 heavy (non-hydrogen) atoms. The molecule has 4 N–H and O–H groups in total. The molecule has 1 rings (SSSR count). The van der Waals surface area contributed by atoms with Gasteiger partial charge in [-0.15, -0.1) is 0 Å². The second-order valence-corrected chi connectivity index (χ2v) is 1.69. The van der Waals surface area contributed by atoms with Crippen LogP contribution >= 0.6 is 0 Å². The lowest BCUT2D eigenvalue weighted by Gasteiger charge is -2.10. The van der Waals surface area contributed by atoms with Crippen molar-refractivity contribution in [3.8, 4) is 0 Å². The predicted octanol–water partition coefficient (Wildman–Crippen LogP) is -1.79. The van der Waals surface area contributed by atoms with E-state index in [1.54, 1.807) is 7.05 Å². The molecular weight excluding hydrogens is 134 g/mol. The van der Waals surface area contributed by atoms with Gasteiger partial charge < -0.3 is 10.1 Å². The number of carbonyl (C=O) groups is 1. The Morgan fingerprint density at radius 1 is 1.80 bits per heavy atom. The first-order valence-corrected chi connectivity index (χ1v) is 3.03. The lowest BCUT2D eigenvalue weighted by atomic mass is 10.5. The van der Waals surface area contributed by atoms with E-state index < -0.39 is 0 Å². The average Bonchev–Trinajstić information content (AvgIpc) is 1.91. The van der Waals surface area contributed by atoms with Gasteiger partial charge in [0.25, 0.3) is 0 Å². The highest BCUT2D eigenvalue weighted by atomic mass is 16.5. The molecule has 0 atom stereocenters. The first-order chi connectivity index (χ1) is 4.81. The molecule has 1 saturated heterocycles. The molecule has 5 nitrogen and oxygen atoms in total. The molecule has 5 heteroatoms. The van der Waals surface area contributed by atoms with E-state index in [2.05, 4.69) is 16.6 Å². The van der Waals surface area contributed by atoms with Gasteiger partial charge in [0.1, 0.15) is 6.61 Å². The van der Waals surface area contributed by atoms with Crippen LogP contribution in [0.2, 0.25) is 0 Å². The number of rotatable bonds is 0. The quantitative estimate of drug-likeness (QED) is 0.279. The van der Waals surface area contributed by atoms with E-state index in [0.29, 0.717) is 13.2 Å². The summed E-state index contributed by atoms with van der Waals surface area (Å²) < 4.78 is 4.77. The third-order valence-electron chi connectivity index (χ3n) is 0.802. The molecule has 1 amide bonds. The number of hydrogen-bond donors (Lipinski definition) is 3. The van der Waals surface area contributed by atoms with Gasteiger partial charge in [-0.3, -0.25) is 16.1 Å². The number of morpholine rings is 1. The van der Waals surface area contributed by atoms with E-state index in [9.17, 15) is 4.79 Å². The molecule has 0 aromatic heterocycles. The predicted molar refractivity (Wildman–Crippen MR) is 37.1 cm³/mol. The van der Waals surface area contributed by atoms with Crippen LogP contribution < -0.4 is 16.6 Å². The van der Waals surface area contributed by atoms with Crippen molar-refractivity contribution in [3.63, 3.8) is 0 Å². The topological polar surface area (TPSA) is 76.4 Å². The minimum Gasteiger partial charge on any atom is -0.370 e. The number of hydrogen-bond acceptors (Lipinski definition) is 4. The maximum atomic E-state index is 10.2. The van der Waals surface area contributed by atoms with Crippen LogP contribution in [0.4, 0.5) is 0 Å². The molecule has 0 radical (unpaired) electrons. The lowest BCUT2D eigenvalue weighted by Crippen LogP contribution is -2.36. The van der Waals surface area contributed by atoms with Gasteiger partial charge in [0.15, 0.2) is 0 Å². The van der Waals surface area contributed by atoms with E-state index in [1.165, 1.54) is 0 Å². The Kier molecular flexibility index (Phi) is 6.05. The van der Waals surface area contributed by atoms with E-state index in [4.69, 9.17) is 4.74 Å². The van der Waals surface area contributed by atoms with Crippen molar-refractivity contribution in [1.82, 2.24) is 10.7 Å². The lowest BCUT2D eigenvalue weighted by molar-refractivity contribution is -0.128. The molecule has 1 heterocycles. The number of carbonyl (C=O) groups excluding carboxylic acids is 1. The van der Waals surface area contributed by atoms with Gasteiger partial charge in [-0.1, -0.05) is 0 Å². The Morgan fingerprint density at radius 2 is 2.40 bits per heavy atom. The third-order valence-corrected chi connectivity index (χ3v) is 0.802. The smallest absolute Gasteiger partial charge is 0.246 e. The van der Waals surface area contributed by atoms with Crippen LogP contribution in [0.3, 0.4) is 0 Å². The van der Waals surface area contributed by atoms with Crippen molar-refractivity contribution in [2.24, 2.45) is 5.84 Å². The van der Waals surface area contributed by atoms with Crippen LogP contribution in [0, 0.1) is 0 Å². The van der Waals surface area contributed by atoms with Crippen molar-refractivity contribution < 1.29 is 9.53 Å². The maximum Gasteiger partial charge on any atom is 0.246 e. The minimum absolute atomic E-state index is 0.00810. The van der Waals surface area contributed by atoms with E-state index in [-0.39, 0.29) is 12.5 Å². The number of nitrogens with two attached hydrogens (primary N) is 1. The molecule has 0 bridgehead atoms. The Labute approximate surface area is 59.9 Å². The van der Waals surface area contributed by atoms with Crippen molar-refractivity contribution in [3.05, 3.63) is 0 Å². The number of hydrazine groups is 1. The van der Waals surface area contributed by atoms with Crippen LogP contribution in [-0.2, 0) is 9.53 Å². The van der Waals surface area contributed by atoms with Crippen molar-refractivity contribution in [1.29, 1.82) is 0 Å². The Balaban J connectivity index is 0.000000236. The van der Waals surface area contributed by atoms with Gasteiger partial charge in [0.05, 0.1) is 6.61 Å². The van der Waals surface area contributed by atoms with Crippen LogP contribution in [0.15, 0.2) is 0 Å². The summed E-state index contributed by atoms with van der Waals surface area (Å²) in [5.74, 6) is 4.59. The normalized spacial score (nSPS) is 16.8. The molecule has 0 aliphatic carbocycles. The number of amides is 1. The molecule has 1 aliphatic heterocycles. The monoisotopic (exact) mass is 147 g/mol. The summed E-state index contributed by atoms with van der Waals surface area (Å²) in [6.07, 6.45) is 0. The van der Waals surface area contributed by atoms with Gasteiger partial charge >= 0.3 is 0 Å². The average molecular weight is 147 g/mol. The summed E-state index contributed by atoms with van der Waals surface area (Å²) in [6.45, 7) is 1.56. The Bertz CT molecular complexity index is 88.9. The van der Waals surface area contributed by atoms with E-state index in [1.807, 2.05) is 0 Å². The van der Waals surface area contributed by atoms with Crippen molar-refractivity contribution >= 4 is 5.91 Å². The zero-order chi connectivity index (χ0) is 7.82. The fraction of sp³-hybridized carbons (Fsp3) is 0.800. The summed E-state index contributed by atoms with van der Waals surface area (Å²) in [6, 6.07) is 0. The molecule has 0 aromatic rings. The zero-order valence-electron chi connectivity index (χ0n) is 6.02. The van der Waals surface area contributed by atoms with Crippen LogP contribution in [0.5, 0.6) is 0 Å². The van der Waals surface area contributed by atoms with Crippen LogP contribution in [0.1, 0.15) is 0 Å². The first-order valence-electron chi connectivity index (χ1n) is 3.03. The minimum atomic E-state index is -0.00810. The molecule has 1 fully saturated rings. The molecular formula is C5H13N3O2. The Morgan fingerprint density at radius 3 is 2.60 bits per heavy atom. The van der Waals surface area contributed by atoms with Gasteiger partial charge in [-0.2, -0.15) is 0 Å². The Hall–Kier alpha value is -0.650. The van der Waals surface area contributed by atoms with Crippen molar-refractivity contribution in [2.45, 2.75) is 0 Å². The van der Waals surface area contributed by atoms with E-state index in [0.717, 1.165) is 0 Å². The van der Waals surface area contributed by atoms with E-state index >= 15 is 0 Å². The summed E-state index contributed by atoms with van der Waals surface area (Å²) in [5, 5.41) is 2.62. The summed E-state index contributed by atoms with van der Waals surface area (Å²) in [5.41, 5.74) is 2.25. The summed E-state index contributed by atoms with van der Waals surface area (Å²) in [4.78, 5) is 10.2. The zero-order valence-corrected chi connectivity index (χ0v) is 6.02. The van der Waals surface area contributed by atoms with Crippen LogP contribution in [-0.4, -0.2) is 32.7 Å². The fourth-order valence-corrected chi connectivity index (χ4v) is 0.479. The SMILES string of the molecule is CNN.O=C1COCCN1. The highest BCUT2D eigenvalue weighted by Crippen LogP contribution is 1.79. The molecule has 60 valence electrons. The van der Waals surface area contributed by atoms with Crippen LogP contribution in [0.25, 0.3) is 0 Å². The highest BCUT2D eigenvalue weighted by Gasteiger charge is 2.04. The van der Waals surface area contributed by atoms with Gasteiger partial charge in [0.2, 0.25) is 5.91 Å². The second kappa shape index (κ2) is 6.47. The highest BCUT2D eigenvalue weighted by molar-refractivity contribution is 5.77. The summed E-state index contributed by atoms with van der Waals surface area (Å²) >= 11 is 0. The second-order valence-electron chi connectivity index (χ2n) is 1.69. The molecule has 0 saturated carbocycles. The van der Waals surface area contributed by atoms with Gasteiger partial charge in [-0.05, 0) is 7.05 Å². The van der Waals surface area contributed by atoms with Crippen molar-refractivity contribution in [2.75, 3.05) is 26.8 Å². The molecule has 1 aliphatic rings. The molecule has 0 aromatic carbocycles. The maximum absolute atomic E-state index is 10.2. The molecule has 0 spiro atoms. The first kappa shape index (κ1) is 9.35.